The number of hydrogen-bond acceptors (Lipinski definition) is 7. The molecule has 13 nitrogen and oxygen atoms in total. The van der Waals surface area contributed by atoms with Crippen LogP contribution in [-0.2, 0) is 41.6 Å². The molecule has 0 aromatic heterocycles. The van der Waals surface area contributed by atoms with Gasteiger partial charge in [-0.15, -0.1) is 0 Å². The zero-order valence-corrected chi connectivity index (χ0v) is 30.0. The lowest BCUT2D eigenvalue weighted by molar-refractivity contribution is -0.134. The number of carbonyl (C=O) groups is 6. The summed E-state index contributed by atoms with van der Waals surface area (Å²) in [6.07, 6.45) is 5.08. The van der Waals surface area contributed by atoms with Crippen molar-refractivity contribution >= 4 is 35.4 Å². The van der Waals surface area contributed by atoms with Crippen molar-refractivity contribution in [2.45, 2.75) is 109 Å². The third-order valence-electron chi connectivity index (χ3n) is 8.75. The van der Waals surface area contributed by atoms with E-state index in [0.717, 1.165) is 36.9 Å². The van der Waals surface area contributed by atoms with E-state index in [2.05, 4.69) is 31.9 Å². The van der Waals surface area contributed by atoms with Crippen molar-refractivity contribution in [3.63, 3.8) is 0 Å². The van der Waals surface area contributed by atoms with Gasteiger partial charge < -0.3 is 37.6 Å². The number of benzene rings is 2. The van der Waals surface area contributed by atoms with Crippen molar-refractivity contribution in [1.82, 2.24) is 31.9 Å². The fourth-order valence-corrected chi connectivity index (χ4v) is 5.94. The largest absolute Gasteiger partial charge is 0.368 e. The summed E-state index contributed by atoms with van der Waals surface area (Å²) in [7, 11) is 0. The summed E-state index contributed by atoms with van der Waals surface area (Å²) < 4.78 is 0. The third kappa shape index (κ3) is 14.5. The monoisotopic (exact) mass is 705 g/mol. The maximum absolute atomic E-state index is 13.9. The van der Waals surface area contributed by atoms with Crippen LogP contribution in [-0.4, -0.2) is 78.7 Å². The molecule has 1 saturated heterocycles. The van der Waals surface area contributed by atoms with Gasteiger partial charge >= 0.3 is 0 Å². The van der Waals surface area contributed by atoms with Crippen LogP contribution in [0.2, 0.25) is 0 Å². The molecule has 0 radical (unpaired) electrons. The van der Waals surface area contributed by atoms with Crippen molar-refractivity contribution in [2.75, 3.05) is 13.1 Å². The van der Waals surface area contributed by atoms with Gasteiger partial charge in [0.2, 0.25) is 35.4 Å². The molecule has 6 amide bonds. The highest BCUT2D eigenvalue weighted by atomic mass is 16.2. The Labute approximate surface area is 301 Å². The molecule has 1 aliphatic heterocycles. The van der Waals surface area contributed by atoms with Gasteiger partial charge in [-0.05, 0) is 49.3 Å². The van der Waals surface area contributed by atoms with E-state index in [1.165, 1.54) is 0 Å². The summed E-state index contributed by atoms with van der Waals surface area (Å²) in [5, 5.41) is 16.9. The van der Waals surface area contributed by atoms with E-state index in [-0.39, 0.29) is 24.7 Å². The molecule has 0 saturated carbocycles. The van der Waals surface area contributed by atoms with Crippen LogP contribution < -0.4 is 37.6 Å². The SMILES string of the molecule is CCCC[C@H](NC(=O)[C@H](CC(C)C)NC(=O)CNC(=O)[C@H](Cc1ccccc1)NC(=O)[C@H](Cc1ccccc1)NC(=O)[C@@H]1CCCCN1)C(N)=O. The Bertz CT molecular complexity index is 1430. The van der Waals surface area contributed by atoms with Crippen LogP contribution in [0.25, 0.3) is 0 Å². The highest BCUT2D eigenvalue weighted by molar-refractivity contribution is 5.95. The second-order valence-corrected chi connectivity index (χ2v) is 13.6. The number of hydrogen-bond donors (Lipinski definition) is 7. The molecule has 0 aliphatic carbocycles. The van der Waals surface area contributed by atoms with Crippen LogP contribution >= 0.6 is 0 Å². The van der Waals surface area contributed by atoms with Gasteiger partial charge in [0.1, 0.15) is 24.2 Å². The number of carbonyl (C=O) groups excluding carboxylic acids is 6. The predicted octanol–water partition coefficient (Wildman–Crippen LogP) is 1.39. The maximum Gasteiger partial charge on any atom is 0.243 e. The van der Waals surface area contributed by atoms with Gasteiger partial charge in [0.15, 0.2) is 0 Å². The van der Waals surface area contributed by atoms with Crippen molar-refractivity contribution < 1.29 is 28.8 Å². The smallest absolute Gasteiger partial charge is 0.243 e. The predicted molar refractivity (Wildman–Crippen MR) is 195 cm³/mol. The first kappa shape index (κ1) is 40.6. The van der Waals surface area contributed by atoms with E-state index in [4.69, 9.17) is 5.73 Å². The molecule has 1 aliphatic rings. The molecule has 51 heavy (non-hydrogen) atoms. The minimum atomic E-state index is -1.08. The van der Waals surface area contributed by atoms with Gasteiger partial charge in [-0.25, -0.2) is 0 Å². The van der Waals surface area contributed by atoms with Crippen LogP contribution in [0, 0.1) is 5.92 Å². The normalized spacial score (nSPS) is 16.5. The average molecular weight is 706 g/mol. The summed E-state index contributed by atoms with van der Waals surface area (Å²) in [6.45, 7) is 6.01. The Morgan fingerprint density at radius 3 is 1.84 bits per heavy atom. The lowest BCUT2D eigenvalue weighted by atomic mass is 10.0. The van der Waals surface area contributed by atoms with Gasteiger partial charge in [0, 0.05) is 12.8 Å². The lowest BCUT2D eigenvalue weighted by Gasteiger charge is -2.27. The Morgan fingerprint density at radius 1 is 0.745 bits per heavy atom. The van der Waals surface area contributed by atoms with Crippen LogP contribution in [0.3, 0.4) is 0 Å². The van der Waals surface area contributed by atoms with E-state index in [1.54, 1.807) is 0 Å². The van der Waals surface area contributed by atoms with Crippen LogP contribution in [0.1, 0.15) is 76.8 Å². The fourth-order valence-electron chi connectivity index (χ4n) is 5.94. The molecule has 2 aromatic carbocycles. The van der Waals surface area contributed by atoms with E-state index in [9.17, 15) is 28.8 Å². The van der Waals surface area contributed by atoms with Gasteiger partial charge in [0.25, 0.3) is 0 Å². The number of nitrogens with one attached hydrogen (secondary N) is 6. The standard InChI is InChI=1S/C38H55N7O6/c1-4-5-18-28(34(39)47)43-37(50)30(21-25(2)3)42-33(46)24-41-35(48)31(22-26-14-8-6-9-15-26)44-38(51)32(23-27-16-10-7-11-17-27)45-36(49)29-19-12-13-20-40-29/h6-11,14-17,25,28-32,40H,4-5,12-13,18-24H2,1-3H3,(H2,39,47)(H,41,48)(H,42,46)(H,43,50)(H,44,51)(H,45,49)/t28-,29-,30-,31-,32-/m0/s1. The number of unbranched alkanes of at least 4 members (excludes halogenated alkanes) is 1. The second kappa shape index (κ2) is 21.4. The minimum absolute atomic E-state index is 0.0296. The number of nitrogens with two attached hydrogens (primary N) is 1. The first-order valence-electron chi connectivity index (χ1n) is 18.1. The van der Waals surface area contributed by atoms with Crippen LogP contribution in [0.15, 0.2) is 60.7 Å². The molecule has 13 heteroatoms. The average Bonchev–Trinajstić information content (AvgIpc) is 3.12. The van der Waals surface area contributed by atoms with Crippen LogP contribution in [0.4, 0.5) is 0 Å². The van der Waals surface area contributed by atoms with Gasteiger partial charge in [0.05, 0.1) is 12.6 Å². The molecule has 0 unspecified atom stereocenters. The first-order chi connectivity index (χ1) is 24.5. The Hall–Kier alpha value is -4.78. The lowest BCUT2D eigenvalue weighted by Crippen LogP contribution is -2.58. The third-order valence-corrected chi connectivity index (χ3v) is 8.75. The quantitative estimate of drug-likeness (QED) is 0.108. The molecule has 0 bridgehead atoms. The topological polar surface area (TPSA) is 201 Å². The van der Waals surface area contributed by atoms with E-state index >= 15 is 0 Å². The molecule has 278 valence electrons. The maximum atomic E-state index is 13.9. The molecule has 0 spiro atoms. The van der Waals surface area contributed by atoms with Crippen molar-refractivity contribution in [1.29, 1.82) is 0 Å². The molecule has 5 atom stereocenters. The Morgan fingerprint density at radius 2 is 1.31 bits per heavy atom. The second-order valence-electron chi connectivity index (χ2n) is 13.6. The van der Waals surface area contributed by atoms with E-state index < -0.39 is 66.3 Å². The minimum Gasteiger partial charge on any atom is -0.368 e. The highest BCUT2D eigenvalue weighted by Gasteiger charge is 2.31. The van der Waals surface area contributed by atoms with Gasteiger partial charge in [-0.1, -0.05) is 101 Å². The molecule has 3 rings (SSSR count). The summed E-state index contributed by atoms with van der Waals surface area (Å²) in [5.74, 6) is -3.20. The molecule has 8 N–H and O–H groups in total. The van der Waals surface area contributed by atoms with Gasteiger partial charge in [-0.3, -0.25) is 28.8 Å². The first-order valence-corrected chi connectivity index (χ1v) is 18.1. The summed E-state index contributed by atoms with van der Waals surface area (Å²) in [6, 6.07) is 14.1. The molecular formula is C38H55N7O6. The number of rotatable bonds is 20. The zero-order valence-electron chi connectivity index (χ0n) is 30.0. The number of primary amides is 1. The molecule has 2 aromatic rings. The molecule has 1 fully saturated rings. The summed E-state index contributed by atoms with van der Waals surface area (Å²) in [5.41, 5.74) is 7.11. The summed E-state index contributed by atoms with van der Waals surface area (Å²) >= 11 is 0. The molecular weight excluding hydrogens is 650 g/mol. The Balaban J connectivity index is 1.72. The molecule has 1 heterocycles. The van der Waals surface area contributed by atoms with Crippen molar-refractivity contribution in [3.05, 3.63) is 71.8 Å². The summed E-state index contributed by atoms with van der Waals surface area (Å²) in [4.78, 5) is 78.8. The highest BCUT2D eigenvalue weighted by Crippen LogP contribution is 2.11. The Kier molecular flexibility index (Phi) is 17.1. The number of piperidine rings is 1. The van der Waals surface area contributed by atoms with Crippen molar-refractivity contribution in [2.24, 2.45) is 11.7 Å². The van der Waals surface area contributed by atoms with Gasteiger partial charge in [-0.2, -0.15) is 0 Å². The van der Waals surface area contributed by atoms with Crippen molar-refractivity contribution in [3.8, 4) is 0 Å². The van der Waals surface area contributed by atoms with E-state index in [1.807, 2.05) is 81.4 Å². The number of amides is 6. The van der Waals surface area contributed by atoms with E-state index in [0.29, 0.717) is 25.7 Å². The van der Waals surface area contributed by atoms with Crippen LogP contribution in [0.5, 0.6) is 0 Å². The zero-order chi connectivity index (χ0) is 37.2. The fraction of sp³-hybridized carbons (Fsp3) is 0.526.